The molecule has 0 spiro atoms. The standard InChI is InChI=1S/C11H24N2O2/c1-6-9(11(14)15)12-7-10(8(2)3)13(4)5/h8-10,12H,6-7H2,1-5H3,(H,14,15). The zero-order valence-corrected chi connectivity index (χ0v) is 10.4. The van der Waals surface area contributed by atoms with Crippen molar-refractivity contribution in [2.24, 2.45) is 5.92 Å². The normalized spacial score (nSPS) is 15.7. The second-order valence-corrected chi connectivity index (χ2v) is 4.48. The van der Waals surface area contributed by atoms with Gasteiger partial charge in [0.25, 0.3) is 0 Å². The van der Waals surface area contributed by atoms with E-state index in [1.807, 2.05) is 21.0 Å². The third kappa shape index (κ3) is 5.14. The number of nitrogens with zero attached hydrogens (tertiary/aromatic N) is 1. The molecule has 0 aromatic rings. The van der Waals surface area contributed by atoms with E-state index in [0.29, 0.717) is 18.4 Å². The molecule has 2 unspecified atom stereocenters. The minimum atomic E-state index is -0.765. The molecular weight excluding hydrogens is 192 g/mol. The molecular formula is C11H24N2O2. The summed E-state index contributed by atoms with van der Waals surface area (Å²) in [7, 11) is 4.04. The third-order valence-corrected chi connectivity index (χ3v) is 2.71. The van der Waals surface area contributed by atoms with Gasteiger partial charge in [0, 0.05) is 12.6 Å². The summed E-state index contributed by atoms with van der Waals surface area (Å²) in [6.45, 7) is 6.89. The first kappa shape index (κ1) is 14.4. The van der Waals surface area contributed by atoms with Crippen molar-refractivity contribution in [3.05, 3.63) is 0 Å². The maximum absolute atomic E-state index is 10.8. The molecule has 0 aromatic carbocycles. The van der Waals surface area contributed by atoms with Crippen molar-refractivity contribution in [2.75, 3.05) is 20.6 Å². The SMILES string of the molecule is CCC(NCC(C(C)C)N(C)C)C(=O)O. The summed E-state index contributed by atoms with van der Waals surface area (Å²) in [6.07, 6.45) is 0.619. The Morgan fingerprint density at radius 1 is 1.40 bits per heavy atom. The number of carbonyl (C=O) groups is 1. The third-order valence-electron chi connectivity index (χ3n) is 2.71. The molecule has 0 saturated carbocycles. The maximum Gasteiger partial charge on any atom is 0.320 e. The van der Waals surface area contributed by atoms with Gasteiger partial charge in [0.1, 0.15) is 6.04 Å². The molecule has 0 bridgehead atoms. The molecule has 15 heavy (non-hydrogen) atoms. The zero-order valence-electron chi connectivity index (χ0n) is 10.4. The van der Waals surface area contributed by atoms with Crippen molar-refractivity contribution in [2.45, 2.75) is 39.3 Å². The minimum absolute atomic E-state index is 0.374. The highest BCUT2D eigenvalue weighted by Gasteiger charge is 2.19. The molecule has 4 nitrogen and oxygen atoms in total. The van der Waals surface area contributed by atoms with Gasteiger partial charge in [-0.25, -0.2) is 0 Å². The summed E-state index contributed by atoms with van der Waals surface area (Å²) in [5.41, 5.74) is 0. The lowest BCUT2D eigenvalue weighted by Gasteiger charge is -2.29. The largest absolute Gasteiger partial charge is 0.480 e. The molecule has 2 atom stereocenters. The average molecular weight is 216 g/mol. The quantitative estimate of drug-likeness (QED) is 0.667. The van der Waals surface area contributed by atoms with Gasteiger partial charge in [0.2, 0.25) is 0 Å². The van der Waals surface area contributed by atoms with E-state index in [0.717, 1.165) is 6.54 Å². The molecule has 0 radical (unpaired) electrons. The zero-order chi connectivity index (χ0) is 12.0. The van der Waals surface area contributed by atoms with E-state index in [1.165, 1.54) is 0 Å². The van der Waals surface area contributed by atoms with Crippen molar-refractivity contribution >= 4 is 5.97 Å². The Morgan fingerprint density at radius 2 is 1.93 bits per heavy atom. The van der Waals surface area contributed by atoms with Gasteiger partial charge in [0.15, 0.2) is 0 Å². The molecule has 0 aliphatic heterocycles. The van der Waals surface area contributed by atoms with E-state index in [2.05, 4.69) is 24.1 Å². The summed E-state index contributed by atoms with van der Waals surface area (Å²) < 4.78 is 0. The first-order valence-corrected chi connectivity index (χ1v) is 5.52. The van der Waals surface area contributed by atoms with E-state index in [-0.39, 0.29) is 0 Å². The van der Waals surface area contributed by atoms with Gasteiger partial charge in [-0.15, -0.1) is 0 Å². The van der Waals surface area contributed by atoms with Crippen LogP contribution in [0.1, 0.15) is 27.2 Å². The van der Waals surface area contributed by atoms with Crippen LogP contribution < -0.4 is 5.32 Å². The number of likely N-dealkylation sites (N-methyl/N-ethyl adjacent to an activating group) is 1. The smallest absolute Gasteiger partial charge is 0.320 e. The first-order chi connectivity index (χ1) is 6.90. The van der Waals surface area contributed by atoms with Gasteiger partial charge in [0.05, 0.1) is 0 Å². The predicted octanol–water partition coefficient (Wildman–Crippen LogP) is 1.03. The molecule has 0 aliphatic rings. The van der Waals surface area contributed by atoms with Gasteiger partial charge < -0.3 is 15.3 Å². The van der Waals surface area contributed by atoms with E-state index >= 15 is 0 Å². The van der Waals surface area contributed by atoms with Crippen molar-refractivity contribution in [1.82, 2.24) is 10.2 Å². The van der Waals surface area contributed by atoms with Crippen molar-refractivity contribution in [3.63, 3.8) is 0 Å². The highest BCUT2D eigenvalue weighted by molar-refractivity contribution is 5.73. The Hall–Kier alpha value is -0.610. The topological polar surface area (TPSA) is 52.6 Å². The lowest BCUT2D eigenvalue weighted by Crippen LogP contribution is -2.46. The van der Waals surface area contributed by atoms with Crippen LogP contribution in [0.4, 0.5) is 0 Å². The highest BCUT2D eigenvalue weighted by atomic mass is 16.4. The molecule has 90 valence electrons. The van der Waals surface area contributed by atoms with Crippen molar-refractivity contribution < 1.29 is 9.90 Å². The summed E-state index contributed by atoms with van der Waals surface area (Å²) in [5, 5.41) is 12.0. The van der Waals surface area contributed by atoms with Gasteiger partial charge in [-0.3, -0.25) is 4.79 Å². The molecule has 0 aromatic heterocycles. The van der Waals surface area contributed by atoms with E-state index in [9.17, 15) is 4.79 Å². The Morgan fingerprint density at radius 3 is 2.20 bits per heavy atom. The van der Waals surface area contributed by atoms with Crippen LogP contribution in [0.5, 0.6) is 0 Å². The number of hydrogen-bond acceptors (Lipinski definition) is 3. The number of rotatable bonds is 7. The Balaban J connectivity index is 4.14. The summed E-state index contributed by atoms with van der Waals surface area (Å²) in [5.74, 6) is -0.252. The number of carboxylic acid groups (broad SMARTS) is 1. The van der Waals surface area contributed by atoms with Gasteiger partial charge in [-0.1, -0.05) is 20.8 Å². The predicted molar refractivity (Wildman–Crippen MR) is 62.0 cm³/mol. The van der Waals surface area contributed by atoms with Gasteiger partial charge in [-0.2, -0.15) is 0 Å². The molecule has 4 heteroatoms. The Labute approximate surface area is 92.7 Å². The van der Waals surface area contributed by atoms with Crippen LogP contribution in [0.15, 0.2) is 0 Å². The van der Waals surface area contributed by atoms with E-state index in [1.54, 1.807) is 0 Å². The summed E-state index contributed by atoms with van der Waals surface area (Å²) in [4.78, 5) is 12.9. The van der Waals surface area contributed by atoms with Crippen LogP contribution in [0, 0.1) is 5.92 Å². The molecule has 2 N–H and O–H groups in total. The Bertz CT molecular complexity index is 185. The summed E-state index contributed by atoms with van der Waals surface area (Å²) >= 11 is 0. The first-order valence-electron chi connectivity index (χ1n) is 5.52. The highest BCUT2D eigenvalue weighted by Crippen LogP contribution is 2.06. The molecule has 0 saturated heterocycles. The fourth-order valence-electron chi connectivity index (χ4n) is 1.68. The lowest BCUT2D eigenvalue weighted by molar-refractivity contribution is -0.139. The molecule has 0 amide bonds. The Kier molecular flexibility index (Phi) is 6.52. The van der Waals surface area contributed by atoms with Crippen molar-refractivity contribution in [1.29, 1.82) is 0 Å². The average Bonchev–Trinajstić information content (AvgIpc) is 2.10. The van der Waals surface area contributed by atoms with E-state index in [4.69, 9.17) is 5.11 Å². The van der Waals surface area contributed by atoms with Crippen LogP contribution >= 0.6 is 0 Å². The van der Waals surface area contributed by atoms with Crippen LogP contribution in [-0.4, -0.2) is 48.7 Å². The monoisotopic (exact) mass is 216 g/mol. The number of hydrogen-bond donors (Lipinski definition) is 2. The van der Waals surface area contributed by atoms with Crippen LogP contribution in [0.2, 0.25) is 0 Å². The van der Waals surface area contributed by atoms with Gasteiger partial charge >= 0.3 is 5.97 Å². The fourth-order valence-corrected chi connectivity index (χ4v) is 1.68. The van der Waals surface area contributed by atoms with Gasteiger partial charge in [-0.05, 0) is 26.4 Å². The minimum Gasteiger partial charge on any atom is -0.480 e. The second kappa shape index (κ2) is 6.80. The second-order valence-electron chi connectivity index (χ2n) is 4.48. The number of carboxylic acids is 1. The molecule has 0 fully saturated rings. The van der Waals surface area contributed by atoms with Crippen LogP contribution in [0.3, 0.4) is 0 Å². The number of nitrogens with one attached hydrogen (secondary N) is 1. The molecule has 0 rings (SSSR count). The maximum atomic E-state index is 10.8. The van der Waals surface area contributed by atoms with E-state index < -0.39 is 12.0 Å². The fraction of sp³-hybridized carbons (Fsp3) is 0.909. The van der Waals surface area contributed by atoms with Crippen LogP contribution in [-0.2, 0) is 4.79 Å². The molecule has 0 heterocycles. The van der Waals surface area contributed by atoms with Crippen molar-refractivity contribution in [3.8, 4) is 0 Å². The number of aliphatic carboxylic acids is 1. The lowest BCUT2D eigenvalue weighted by atomic mass is 10.0. The van der Waals surface area contributed by atoms with Crippen LogP contribution in [0.25, 0.3) is 0 Å². The molecule has 0 aliphatic carbocycles. The summed E-state index contributed by atoms with van der Waals surface area (Å²) in [6, 6.07) is -0.0513.